The van der Waals surface area contributed by atoms with Crippen LogP contribution in [0.1, 0.15) is 38.7 Å². The lowest BCUT2D eigenvalue weighted by molar-refractivity contribution is -0.0737. The molecule has 2 rings (SSSR count). The van der Waals surface area contributed by atoms with E-state index in [1.807, 2.05) is 13.8 Å². The van der Waals surface area contributed by atoms with Crippen LogP contribution in [-0.2, 0) is 5.60 Å². The van der Waals surface area contributed by atoms with Crippen LogP contribution in [0.2, 0.25) is 0 Å². The predicted molar refractivity (Wildman–Crippen MR) is 62.4 cm³/mol. The molecular weight excluding hydrogens is 222 g/mol. The van der Waals surface area contributed by atoms with Gasteiger partial charge in [-0.2, -0.15) is 0 Å². The van der Waals surface area contributed by atoms with Gasteiger partial charge in [0.05, 0.1) is 11.2 Å². The van der Waals surface area contributed by atoms with Crippen molar-refractivity contribution in [2.45, 2.75) is 38.7 Å². The molecule has 3 unspecified atom stereocenters. The molecule has 1 aliphatic rings. The van der Waals surface area contributed by atoms with Gasteiger partial charge in [0.2, 0.25) is 0 Å². The highest BCUT2D eigenvalue weighted by Crippen LogP contribution is 2.45. The molecule has 3 heteroatoms. The molecule has 1 N–H and O–H groups in total. The first-order valence-corrected chi connectivity index (χ1v) is 6.13. The SMILES string of the molecule is CC1CCCC(O)(c2c(F)cccc2F)C1C. The van der Waals surface area contributed by atoms with Gasteiger partial charge in [-0.25, -0.2) is 8.78 Å². The summed E-state index contributed by atoms with van der Waals surface area (Å²) in [7, 11) is 0. The number of benzene rings is 1. The number of halogens is 2. The summed E-state index contributed by atoms with van der Waals surface area (Å²) in [6.07, 6.45) is 2.23. The van der Waals surface area contributed by atoms with Gasteiger partial charge in [-0.15, -0.1) is 0 Å². The Morgan fingerprint density at radius 3 is 2.41 bits per heavy atom. The van der Waals surface area contributed by atoms with E-state index in [1.54, 1.807) is 0 Å². The Bertz CT molecular complexity index is 398. The van der Waals surface area contributed by atoms with Gasteiger partial charge in [-0.05, 0) is 36.8 Å². The summed E-state index contributed by atoms with van der Waals surface area (Å²) >= 11 is 0. The number of rotatable bonds is 1. The molecule has 0 spiro atoms. The highest BCUT2D eigenvalue weighted by Gasteiger charge is 2.44. The maximum absolute atomic E-state index is 13.8. The van der Waals surface area contributed by atoms with Crippen LogP contribution in [0.5, 0.6) is 0 Å². The Kier molecular flexibility index (Phi) is 3.21. The number of hydrogen-bond donors (Lipinski definition) is 1. The van der Waals surface area contributed by atoms with Gasteiger partial charge in [-0.1, -0.05) is 26.3 Å². The molecule has 0 aromatic heterocycles. The van der Waals surface area contributed by atoms with E-state index in [2.05, 4.69) is 0 Å². The summed E-state index contributed by atoms with van der Waals surface area (Å²) < 4.78 is 27.6. The lowest BCUT2D eigenvalue weighted by Crippen LogP contribution is -2.41. The van der Waals surface area contributed by atoms with Crippen LogP contribution in [-0.4, -0.2) is 5.11 Å². The molecule has 0 heterocycles. The molecule has 1 saturated carbocycles. The summed E-state index contributed by atoms with van der Waals surface area (Å²) in [5.74, 6) is -1.16. The van der Waals surface area contributed by atoms with Crippen LogP contribution >= 0.6 is 0 Å². The first kappa shape index (κ1) is 12.5. The van der Waals surface area contributed by atoms with E-state index in [0.717, 1.165) is 12.8 Å². The Hall–Kier alpha value is -0.960. The molecule has 17 heavy (non-hydrogen) atoms. The Morgan fingerprint density at radius 2 is 1.82 bits per heavy atom. The lowest BCUT2D eigenvalue weighted by atomic mass is 9.67. The second-order valence-corrected chi connectivity index (χ2v) is 5.18. The third-order valence-corrected chi connectivity index (χ3v) is 4.22. The second-order valence-electron chi connectivity index (χ2n) is 5.18. The molecule has 1 aliphatic carbocycles. The van der Waals surface area contributed by atoms with Crippen molar-refractivity contribution >= 4 is 0 Å². The molecule has 0 bridgehead atoms. The third-order valence-electron chi connectivity index (χ3n) is 4.22. The zero-order valence-electron chi connectivity index (χ0n) is 10.2. The lowest BCUT2D eigenvalue weighted by Gasteiger charge is -2.42. The topological polar surface area (TPSA) is 20.2 Å². The molecular formula is C14H18F2O. The van der Waals surface area contributed by atoms with Crippen LogP contribution in [0.4, 0.5) is 8.78 Å². The fourth-order valence-corrected chi connectivity index (χ4v) is 2.91. The molecule has 0 amide bonds. The minimum absolute atomic E-state index is 0.136. The van der Waals surface area contributed by atoms with Gasteiger partial charge in [0.1, 0.15) is 11.6 Å². The van der Waals surface area contributed by atoms with Crippen molar-refractivity contribution in [3.8, 4) is 0 Å². The smallest absolute Gasteiger partial charge is 0.132 e. The summed E-state index contributed by atoms with van der Waals surface area (Å²) in [5, 5.41) is 10.7. The first-order chi connectivity index (χ1) is 7.97. The zero-order chi connectivity index (χ0) is 12.6. The minimum Gasteiger partial charge on any atom is -0.385 e. The number of hydrogen-bond acceptors (Lipinski definition) is 1. The maximum atomic E-state index is 13.8. The van der Waals surface area contributed by atoms with Crippen LogP contribution in [0.3, 0.4) is 0 Å². The van der Waals surface area contributed by atoms with Crippen molar-refractivity contribution in [2.24, 2.45) is 11.8 Å². The fraction of sp³-hybridized carbons (Fsp3) is 0.571. The molecule has 0 saturated heterocycles. The molecule has 94 valence electrons. The molecule has 3 atom stereocenters. The van der Waals surface area contributed by atoms with Crippen molar-refractivity contribution in [3.63, 3.8) is 0 Å². The van der Waals surface area contributed by atoms with Crippen molar-refractivity contribution < 1.29 is 13.9 Å². The highest BCUT2D eigenvalue weighted by molar-refractivity contribution is 5.27. The van der Waals surface area contributed by atoms with E-state index in [0.29, 0.717) is 6.42 Å². The third kappa shape index (κ3) is 1.97. The standard InChI is InChI=1S/C14H18F2O/c1-9-5-4-8-14(17,10(9)2)13-11(15)6-3-7-12(13)16/h3,6-7,9-10,17H,4-5,8H2,1-2H3. The van der Waals surface area contributed by atoms with Crippen LogP contribution in [0, 0.1) is 23.5 Å². The average Bonchev–Trinajstić information content (AvgIpc) is 2.26. The summed E-state index contributed by atoms with van der Waals surface area (Å²) in [6.45, 7) is 3.89. The van der Waals surface area contributed by atoms with E-state index >= 15 is 0 Å². The molecule has 0 aliphatic heterocycles. The largest absolute Gasteiger partial charge is 0.385 e. The Labute approximate surface area is 100 Å². The first-order valence-electron chi connectivity index (χ1n) is 6.13. The Balaban J connectivity index is 2.50. The van der Waals surface area contributed by atoms with Gasteiger partial charge in [0, 0.05) is 0 Å². The van der Waals surface area contributed by atoms with E-state index in [-0.39, 0.29) is 17.4 Å². The van der Waals surface area contributed by atoms with Crippen molar-refractivity contribution in [1.29, 1.82) is 0 Å². The fourth-order valence-electron chi connectivity index (χ4n) is 2.91. The molecule has 0 radical (unpaired) electrons. The minimum atomic E-state index is -1.37. The molecule has 1 aromatic carbocycles. The summed E-state index contributed by atoms with van der Waals surface area (Å²) in [4.78, 5) is 0. The van der Waals surface area contributed by atoms with Gasteiger partial charge >= 0.3 is 0 Å². The van der Waals surface area contributed by atoms with Gasteiger partial charge in [0.15, 0.2) is 0 Å². The van der Waals surface area contributed by atoms with E-state index in [4.69, 9.17) is 0 Å². The number of aliphatic hydroxyl groups is 1. The monoisotopic (exact) mass is 240 g/mol. The Morgan fingerprint density at radius 1 is 1.24 bits per heavy atom. The van der Waals surface area contributed by atoms with Crippen molar-refractivity contribution in [1.82, 2.24) is 0 Å². The van der Waals surface area contributed by atoms with Crippen LogP contribution in [0.25, 0.3) is 0 Å². The second kappa shape index (κ2) is 4.37. The highest BCUT2D eigenvalue weighted by atomic mass is 19.1. The predicted octanol–water partition coefficient (Wildman–Crippen LogP) is 3.61. The van der Waals surface area contributed by atoms with Crippen LogP contribution < -0.4 is 0 Å². The normalized spacial score (nSPS) is 33.7. The summed E-state index contributed by atoms with van der Waals surface area (Å²) in [5.41, 5.74) is -1.52. The van der Waals surface area contributed by atoms with Crippen LogP contribution in [0.15, 0.2) is 18.2 Å². The average molecular weight is 240 g/mol. The van der Waals surface area contributed by atoms with Crippen molar-refractivity contribution in [3.05, 3.63) is 35.4 Å². The van der Waals surface area contributed by atoms with Gasteiger partial charge in [0.25, 0.3) is 0 Å². The molecule has 1 fully saturated rings. The van der Waals surface area contributed by atoms with Crippen molar-refractivity contribution in [2.75, 3.05) is 0 Å². The maximum Gasteiger partial charge on any atom is 0.132 e. The van der Waals surface area contributed by atoms with Gasteiger partial charge < -0.3 is 5.11 Å². The quantitative estimate of drug-likeness (QED) is 0.795. The van der Waals surface area contributed by atoms with E-state index in [1.165, 1.54) is 18.2 Å². The molecule has 1 nitrogen and oxygen atoms in total. The van der Waals surface area contributed by atoms with E-state index in [9.17, 15) is 13.9 Å². The molecule has 1 aromatic rings. The van der Waals surface area contributed by atoms with E-state index < -0.39 is 17.2 Å². The summed E-state index contributed by atoms with van der Waals surface area (Å²) in [6, 6.07) is 3.75. The zero-order valence-corrected chi connectivity index (χ0v) is 10.2. The van der Waals surface area contributed by atoms with Gasteiger partial charge in [-0.3, -0.25) is 0 Å².